The van der Waals surface area contributed by atoms with E-state index in [2.05, 4.69) is 4.57 Å². The predicted molar refractivity (Wildman–Crippen MR) is 87.1 cm³/mol. The molecular weight excluding hydrogens is 280 g/mol. The van der Waals surface area contributed by atoms with E-state index >= 15 is 0 Å². The van der Waals surface area contributed by atoms with Gasteiger partial charge < -0.3 is 14.8 Å². The van der Waals surface area contributed by atoms with Crippen LogP contribution in [-0.4, -0.2) is 39.9 Å². The molecule has 0 aliphatic heterocycles. The number of hydrogen-bond donors (Lipinski definition) is 2. The molecule has 0 radical (unpaired) electrons. The fourth-order valence-corrected chi connectivity index (χ4v) is 3.28. The van der Waals surface area contributed by atoms with Crippen LogP contribution in [-0.2, 0) is 6.54 Å². The van der Waals surface area contributed by atoms with Crippen molar-refractivity contribution in [2.45, 2.75) is 57.5 Å². The average molecular weight is 308 g/mol. The summed E-state index contributed by atoms with van der Waals surface area (Å²) >= 11 is 0. The molecule has 0 amide bonds. The van der Waals surface area contributed by atoms with E-state index in [1.165, 1.54) is 32.1 Å². The van der Waals surface area contributed by atoms with Gasteiger partial charge in [-0.05, 0) is 19.9 Å². The summed E-state index contributed by atoms with van der Waals surface area (Å²) in [6, 6.07) is 1.89. The van der Waals surface area contributed by atoms with Gasteiger partial charge >= 0.3 is 0 Å². The third-order valence-electron chi connectivity index (χ3n) is 4.52. The highest BCUT2D eigenvalue weighted by atomic mass is 16.3. The van der Waals surface area contributed by atoms with Crippen molar-refractivity contribution in [3.05, 3.63) is 28.2 Å². The highest BCUT2D eigenvalue weighted by Gasteiger charge is 2.17. The van der Waals surface area contributed by atoms with Crippen LogP contribution in [0.4, 0.5) is 0 Å². The largest absolute Gasteiger partial charge is 0.503 e. The summed E-state index contributed by atoms with van der Waals surface area (Å²) in [6.07, 6.45) is 10.0. The van der Waals surface area contributed by atoms with E-state index in [0.29, 0.717) is 19.1 Å². The zero-order chi connectivity index (χ0) is 15.9. The van der Waals surface area contributed by atoms with Gasteiger partial charge in [-0.3, -0.25) is 9.69 Å². The first-order valence-corrected chi connectivity index (χ1v) is 8.35. The molecule has 1 aliphatic rings. The van der Waals surface area contributed by atoms with Crippen LogP contribution in [0.2, 0.25) is 0 Å². The second-order valence-corrected chi connectivity index (χ2v) is 6.38. The Hall–Kier alpha value is -1.33. The van der Waals surface area contributed by atoms with Crippen molar-refractivity contribution in [3.63, 3.8) is 0 Å². The number of aliphatic hydroxyl groups excluding tert-OH is 1. The van der Waals surface area contributed by atoms with Gasteiger partial charge in [0.05, 0.1) is 12.8 Å². The van der Waals surface area contributed by atoms with Gasteiger partial charge in [-0.25, -0.2) is 0 Å². The van der Waals surface area contributed by atoms with Gasteiger partial charge in [0.25, 0.3) is 0 Å². The van der Waals surface area contributed by atoms with E-state index in [1.54, 1.807) is 12.3 Å². The maximum atomic E-state index is 11.8. The number of hydrogen-bond acceptors (Lipinski definition) is 4. The first-order chi connectivity index (χ1) is 10.6. The van der Waals surface area contributed by atoms with E-state index in [1.807, 2.05) is 11.9 Å². The van der Waals surface area contributed by atoms with Gasteiger partial charge in [0, 0.05) is 30.9 Å². The first kappa shape index (κ1) is 17.0. The quantitative estimate of drug-likeness (QED) is 0.876. The van der Waals surface area contributed by atoms with Gasteiger partial charge in [-0.2, -0.15) is 0 Å². The molecule has 5 nitrogen and oxygen atoms in total. The van der Waals surface area contributed by atoms with E-state index in [4.69, 9.17) is 5.11 Å². The molecule has 2 rings (SSSR count). The Morgan fingerprint density at radius 3 is 2.50 bits per heavy atom. The number of likely N-dealkylation sites (N-methyl/N-ethyl adjacent to an activating group) is 1. The zero-order valence-corrected chi connectivity index (χ0v) is 13.5. The van der Waals surface area contributed by atoms with Gasteiger partial charge in [0.2, 0.25) is 5.43 Å². The Balaban J connectivity index is 2.26. The van der Waals surface area contributed by atoms with Gasteiger partial charge in [0.15, 0.2) is 5.75 Å². The maximum absolute atomic E-state index is 11.8. The number of rotatable bonds is 5. The number of pyridine rings is 1. The van der Waals surface area contributed by atoms with E-state index in [9.17, 15) is 9.90 Å². The van der Waals surface area contributed by atoms with Crippen LogP contribution in [0.25, 0.3) is 0 Å². The molecular formula is C17H28N2O3. The molecule has 0 saturated heterocycles. The first-order valence-electron chi connectivity index (χ1n) is 8.35. The Kier molecular flexibility index (Phi) is 6.46. The normalized spacial score (nSPS) is 17.4. The second-order valence-electron chi connectivity index (χ2n) is 6.38. The highest BCUT2D eigenvalue weighted by molar-refractivity contribution is 5.21. The molecule has 0 unspecified atom stereocenters. The second kappa shape index (κ2) is 8.34. The Bertz CT molecular complexity index is 519. The van der Waals surface area contributed by atoms with Crippen molar-refractivity contribution in [2.24, 2.45) is 0 Å². The Morgan fingerprint density at radius 1 is 1.23 bits per heavy atom. The Morgan fingerprint density at radius 2 is 1.86 bits per heavy atom. The third-order valence-corrected chi connectivity index (χ3v) is 4.52. The summed E-state index contributed by atoms with van der Waals surface area (Å²) in [7, 11) is 1.93. The van der Waals surface area contributed by atoms with Gasteiger partial charge in [0.1, 0.15) is 0 Å². The summed E-state index contributed by atoms with van der Waals surface area (Å²) in [5.41, 5.74) is 0.596. The zero-order valence-electron chi connectivity index (χ0n) is 13.5. The molecule has 1 heterocycles. The van der Waals surface area contributed by atoms with E-state index in [0.717, 1.165) is 18.5 Å². The summed E-state index contributed by atoms with van der Waals surface area (Å²) in [4.78, 5) is 13.8. The van der Waals surface area contributed by atoms with Crippen LogP contribution in [0, 0.1) is 0 Å². The molecule has 0 aromatic carbocycles. The lowest BCUT2D eigenvalue weighted by Crippen LogP contribution is -2.26. The lowest BCUT2D eigenvalue weighted by Gasteiger charge is -2.27. The summed E-state index contributed by atoms with van der Waals surface area (Å²) in [5.74, 6) is -0.171. The van der Waals surface area contributed by atoms with Crippen molar-refractivity contribution < 1.29 is 10.2 Å². The number of aromatic nitrogens is 1. The molecule has 5 heteroatoms. The van der Waals surface area contributed by atoms with Crippen molar-refractivity contribution in [2.75, 3.05) is 20.2 Å². The average Bonchev–Trinajstić information content (AvgIpc) is 2.43. The number of aliphatic hydroxyl groups is 1. The summed E-state index contributed by atoms with van der Waals surface area (Å²) in [6.45, 7) is 1.27. The molecule has 1 aromatic heterocycles. The minimum absolute atomic E-state index is 0.0994. The van der Waals surface area contributed by atoms with Crippen LogP contribution in [0.5, 0.6) is 5.75 Å². The lowest BCUT2D eigenvalue weighted by atomic mass is 9.96. The van der Waals surface area contributed by atoms with Crippen LogP contribution in [0.15, 0.2) is 17.1 Å². The maximum Gasteiger partial charge on any atom is 0.223 e. The van der Waals surface area contributed by atoms with Crippen LogP contribution >= 0.6 is 0 Å². The van der Waals surface area contributed by atoms with E-state index < -0.39 is 0 Å². The topological polar surface area (TPSA) is 65.7 Å². The van der Waals surface area contributed by atoms with E-state index in [-0.39, 0.29) is 17.8 Å². The highest BCUT2D eigenvalue weighted by Crippen LogP contribution is 2.28. The molecule has 0 atom stereocenters. The number of nitrogens with zero attached hydrogens (tertiary/aromatic N) is 2. The molecule has 1 aromatic rings. The molecule has 124 valence electrons. The predicted octanol–water partition coefficient (Wildman–Crippen LogP) is 2.26. The molecule has 22 heavy (non-hydrogen) atoms. The van der Waals surface area contributed by atoms with Crippen molar-refractivity contribution >= 4 is 0 Å². The van der Waals surface area contributed by atoms with Crippen LogP contribution < -0.4 is 5.43 Å². The summed E-state index contributed by atoms with van der Waals surface area (Å²) in [5, 5.41) is 18.9. The molecule has 1 fully saturated rings. The fraction of sp³-hybridized carbons (Fsp3) is 0.706. The van der Waals surface area contributed by atoms with Crippen molar-refractivity contribution in [3.8, 4) is 5.75 Å². The lowest BCUT2D eigenvalue weighted by molar-refractivity contribution is 0.212. The van der Waals surface area contributed by atoms with Crippen molar-refractivity contribution in [1.29, 1.82) is 0 Å². The van der Waals surface area contributed by atoms with Gasteiger partial charge in [-0.1, -0.05) is 32.1 Å². The monoisotopic (exact) mass is 308 g/mol. The standard InChI is InChI=1S/C17H28N2O3/c1-18(9-10-20)12-15-11-16(21)17(22)13-19(15)14-7-5-3-2-4-6-8-14/h11,13-14,20,22H,2-10,12H2,1H3. The smallest absolute Gasteiger partial charge is 0.223 e. The van der Waals surface area contributed by atoms with Crippen molar-refractivity contribution in [1.82, 2.24) is 9.47 Å². The molecule has 0 bridgehead atoms. The number of aromatic hydroxyl groups is 1. The molecule has 1 saturated carbocycles. The third kappa shape index (κ3) is 4.58. The molecule has 2 N–H and O–H groups in total. The fourth-order valence-electron chi connectivity index (χ4n) is 3.28. The summed E-state index contributed by atoms with van der Waals surface area (Å²) < 4.78 is 2.09. The minimum Gasteiger partial charge on any atom is -0.503 e. The van der Waals surface area contributed by atoms with Crippen LogP contribution in [0.1, 0.15) is 56.7 Å². The minimum atomic E-state index is -0.325. The van der Waals surface area contributed by atoms with Gasteiger partial charge in [-0.15, -0.1) is 0 Å². The Labute approximate surface area is 132 Å². The van der Waals surface area contributed by atoms with Crippen LogP contribution in [0.3, 0.4) is 0 Å². The SMILES string of the molecule is CN(CCO)Cc1cc(=O)c(O)cn1C1CCCCCCC1. The molecule has 0 spiro atoms. The molecule has 1 aliphatic carbocycles.